The van der Waals surface area contributed by atoms with Gasteiger partial charge in [0.25, 0.3) is 0 Å². The van der Waals surface area contributed by atoms with Crippen molar-refractivity contribution < 1.29 is 71.5 Å². The molecule has 0 spiro atoms. The van der Waals surface area contributed by atoms with E-state index in [0.29, 0.717) is 118 Å². The van der Waals surface area contributed by atoms with Crippen molar-refractivity contribution in [3.8, 4) is 0 Å². The second kappa shape index (κ2) is 62.2. The molecule has 9 N–H and O–H groups in total. The van der Waals surface area contributed by atoms with Crippen molar-refractivity contribution in [2.24, 2.45) is 22.0 Å². The van der Waals surface area contributed by atoms with Gasteiger partial charge < -0.3 is 80.8 Å². The predicted molar refractivity (Wildman–Crippen MR) is 480 cm³/mol. The molecule has 0 saturated heterocycles. The summed E-state index contributed by atoms with van der Waals surface area (Å²) < 4.78 is 44.7. The van der Waals surface area contributed by atoms with Crippen LogP contribution in [0.2, 0.25) is 0 Å². The molecule has 0 heterocycles. The average molecular weight is 1660 g/mol. The SMILES string of the molecule is CC1=C(/C=C/C(C)=C/C=C/C(C)=C/C(=O)NCCCC[C@@H](NC(=O)/C=C(C)/C=C/C=C(C)/C=C/C2=C(C)CCCC2(C)C)C(=O)NCCOCCOCCNC(=O)CCOCCOCCOCCOCCC(=O)NCCOCCOCCNC(=O)[C@@H](CCCCN)NC(=O)/C=C(C)/C=C/C=C(C)/C=C/C2=C(C)CCCC2(C)C)C(C)(C)CCC1. The van der Waals surface area contributed by atoms with Gasteiger partial charge in [0, 0.05) is 63.8 Å². The van der Waals surface area contributed by atoms with Gasteiger partial charge in [-0.3, -0.25) is 33.6 Å². The Balaban J connectivity index is 1.20. The molecule has 0 aromatic carbocycles. The molecule has 0 saturated carbocycles. The number of amides is 7. The van der Waals surface area contributed by atoms with Gasteiger partial charge in [0.2, 0.25) is 41.4 Å². The Hall–Kier alpha value is -7.97. The summed E-state index contributed by atoms with van der Waals surface area (Å²) in [5.41, 5.74) is 20.4. The van der Waals surface area contributed by atoms with Crippen LogP contribution in [0.15, 0.2) is 176 Å². The summed E-state index contributed by atoms with van der Waals surface area (Å²) in [5, 5.41) is 20.1. The first-order valence-corrected chi connectivity index (χ1v) is 43.5. The summed E-state index contributed by atoms with van der Waals surface area (Å²) in [5.74, 6) is -1.89. The summed E-state index contributed by atoms with van der Waals surface area (Å²) in [6.07, 6.45) is 49.7. The minimum absolute atomic E-state index is 0.154. The van der Waals surface area contributed by atoms with E-state index < -0.39 is 12.1 Å². The lowest BCUT2D eigenvalue weighted by atomic mass is 9.72. The predicted octanol–water partition coefficient (Wildman–Crippen LogP) is 14.3. The number of nitrogens with one attached hydrogen (secondary N) is 7. The Morgan fingerprint density at radius 2 is 0.647 bits per heavy atom. The molecule has 119 heavy (non-hydrogen) atoms. The molecule has 2 atom stereocenters. The molecule has 3 aliphatic carbocycles. The summed E-state index contributed by atoms with van der Waals surface area (Å²) in [7, 11) is 0. The van der Waals surface area contributed by atoms with Gasteiger partial charge >= 0.3 is 0 Å². The highest BCUT2D eigenvalue weighted by Crippen LogP contribution is 2.43. The first-order valence-electron chi connectivity index (χ1n) is 43.5. The second-order valence-corrected chi connectivity index (χ2v) is 33.1. The van der Waals surface area contributed by atoms with E-state index in [1.807, 2.05) is 75.5 Å². The van der Waals surface area contributed by atoms with E-state index in [2.05, 4.69) is 157 Å². The monoisotopic (exact) mass is 1660 g/mol. The van der Waals surface area contributed by atoms with Crippen LogP contribution in [-0.2, 0) is 71.5 Å². The standard InChI is InChI=1S/C96H152N8O15/c1-73(37-40-82-79(7)32-23-45-94(82,10)11)26-20-29-76(4)70-89(107)98-49-19-17-36-86(104-91(109)72-78(6)31-22-28-75(3)39-42-84-81(9)34-25-47-96(84,14)15)93(111)102-53-59-117-65-63-115-57-51-100-88(106)44-55-113-61-67-119-69-68-118-66-60-112-54-43-87(105)99-50-56-114-62-64-116-58-52-101-92(110)85(35-16-18-48-97)103-90(108)71-77(5)30-21-27-74(2)38-41-83-80(8)33-24-46-95(83,12)13/h20-22,26-31,37-42,70-72,85-86H,16-19,23-25,32-36,43-69,97H2,1-15H3,(H,98,107)(H,99,105)(H,100,106)(H,101,110)(H,102,111)(H,103,108)(H,104,109)/b29-20+,30-21+,31-22+,40-37+,41-38+,42-39+,73-26+,74-27+,75-28+,76-70+,77-71+,78-72+/t85-,86-/m1/s1. The molecular weight excluding hydrogens is 1510 g/mol. The molecule has 23 nitrogen and oxygen atoms in total. The van der Waals surface area contributed by atoms with Crippen LogP contribution in [0.5, 0.6) is 0 Å². The maximum absolute atomic E-state index is 13.6. The van der Waals surface area contributed by atoms with Crippen molar-refractivity contribution in [3.05, 3.63) is 176 Å². The Morgan fingerprint density at radius 1 is 0.353 bits per heavy atom. The zero-order chi connectivity index (χ0) is 87.5. The summed E-state index contributed by atoms with van der Waals surface area (Å²) >= 11 is 0. The Morgan fingerprint density at radius 3 is 0.966 bits per heavy atom. The Labute approximate surface area is 714 Å². The van der Waals surface area contributed by atoms with E-state index in [0.717, 1.165) is 59.1 Å². The van der Waals surface area contributed by atoms with E-state index in [9.17, 15) is 33.6 Å². The largest absolute Gasteiger partial charge is 0.379 e. The molecule has 0 aliphatic heterocycles. The van der Waals surface area contributed by atoms with Gasteiger partial charge in [-0.05, 0) is 215 Å². The topological polar surface area (TPSA) is 304 Å². The highest BCUT2D eigenvalue weighted by atomic mass is 16.6. The number of carbonyl (C=O) groups is 7. The van der Waals surface area contributed by atoms with E-state index in [4.69, 9.17) is 43.6 Å². The molecular formula is C96H152N8O15. The molecule has 0 fully saturated rings. The number of hydrogen-bond donors (Lipinski definition) is 8. The molecule has 0 aromatic heterocycles. The third-order valence-electron chi connectivity index (χ3n) is 20.9. The molecule has 7 amide bonds. The van der Waals surface area contributed by atoms with E-state index in [-0.39, 0.29) is 130 Å². The molecule has 0 bridgehead atoms. The van der Waals surface area contributed by atoms with Gasteiger partial charge in [-0.2, -0.15) is 0 Å². The molecule has 23 heteroatoms. The van der Waals surface area contributed by atoms with Crippen molar-refractivity contribution in [1.82, 2.24) is 37.2 Å². The lowest BCUT2D eigenvalue weighted by Gasteiger charge is -2.33. The quantitative estimate of drug-likeness (QED) is 0.0159. The molecule has 0 unspecified atom stereocenters. The van der Waals surface area contributed by atoms with E-state index in [1.165, 1.54) is 84.1 Å². The van der Waals surface area contributed by atoms with Gasteiger partial charge in [-0.15, -0.1) is 0 Å². The number of nitrogens with two attached hydrogens (primary N) is 1. The Bertz CT molecular complexity index is 3610. The Kier molecular flexibility index (Phi) is 55.0. The lowest BCUT2D eigenvalue weighted by Crippen LogP contribution is -2.47. The van der Waals surface area contributed by atoms with Crippen molar-refractivity contribution in [1.29, 1.82) is 0 Å². The van der Waals surface area contributed by atoms with Crippen molar-refractivity contribution >= 4 is 41.4 Å². The molecule has 0 aromatic rings. The van der Waals surface area contributed by atoms with Gasteiger partial charge in [0.05, 0.1) is 106 Å². The van der Waals surface area contributed by atoms with Crippen LogP contribution in [0.3, 0.4) is 0 Å². The first-order chi connectivity index (χ1) is 56.9. The van der Waals surface area contributed by atoms with Gasteiger partial charge in [-0.25, -0.2) is 0 Å². The van der Waals surface area contributed by atoms with Crippen molar-refractivity contribution in [3.63, 3.8) is 0 Å². The second-order valence-electron chi connectivity index (χ2n) is 33.1. The van der Waals surface area contributed by atoms with Crippen LogP contribution in [0, 0.1) is 16.2 Å². The van der Waals surface area contributed by atoms with E-state index >= 15 is 0 Å². The number of allylic oxidation sites excluding steroid dienone is 27. The highest BCUT2D eigenvalue weighted by Gasteiger charge is 2.29. The zero-order valence-corrected chi connectivity index (χ0v) is 75.3. The maximum Gasteiger partial charge on any atom is 0.244 e. The number of unbranched alkanes of at least 4 members (excludes halogenated alkanes) is 2. The van der Waals surface area contributed by atoms with Crippen LogP contribution >= 0.6 is 0 Å². The minimum atomic E-state index is -0.819. The molecule has 3 aliphatic rings. The van der Waals surface area contributed by atoms with Crippen LogP contribution in [0.4, 0.5) is 0 Å². The fraction of sp³-hybridized carbons (Fsp3) is 0.615. The summed E-state index contributed by atoms with van der Waals surface area (Å²) in [6.45, 7) is 39.1. The highest BCUT2D eigenvalue weighted by molar-refractivity contribution is 5.94. The van der Waals surface area contributed by atoms with Crippen LogP contribution in [0.25, 0.3) is 0 Å². The third-order valence-corrected chi connectivity index (χ3v) is 20.9. The van der Waals surface area contributed by atoms with Gasteiger partial charge in [0.1, 0.15) is 12.1 Å². The number of carbonyl (C=O) groups excluding carboxylic acids is 7. The molecule has 3 rings (SSSR count). The smallest absolute Gasteiger partial charge is 0.244 e. The fourth-order valence-corrected chi connectivity index (χ4v) is 14.0. The lowest BCUT2D eigenvalue weighted by molar-refractivity contribution is -0.127. The zero-order valence-electron chi connectivity index (χ0n) is 75.3. The van der Waals surface area contributed by atoms with Crippen LogP contribution in [0.1, 0.15) is 213 Å². The average Bonchev–Trinajstić information content (AvgIpc) is 0.832. The normalized spacial score (nSPS) is 17.1. The maximum atomic E-state index is 13.6. The molecule has 0 radical (unpaired) electrons. The number of rotatable bonds is 61. The minimum Gasteiger partial charge on any atom is -0.379 e. The third kappa shape index (κ3) is 50.1. The van der Waals surface area contributed by atoms with Gasteiger partial charge in [0.15, 0.2) is 0 Å². The van der Waals surface area contributed by atoms with Crippen molar-refractivity contribution in [2.45, 2.75) is 225 Å². The first kappa shape index (κ1) is 105. The molecule has 666 valence electrons. The summed E-state index contributed by atoms with van der Waals surface area (Å²) in [6, 6.07) is -1.53. The number of ether oxygens (including phenoxy) is 8. The van der Waals surface area contributed by atoms with Gasteiger partial charge in [-0.1, -0.05) is 166 Å². The van der Waals surface area contributed by atoms with Crippen LogP contribution < -0.4 is 43.0 Å². The fourth-order valence-electron chi connectivity index (χ4n) is 14.0. The van der Waals surface area contributed by atoms with Crippen molar-refractivity contribution in [2.75, 3.05) is 145 Å². The number of hydrogen-bond acceptors (Lipinski definition) is 16. The van der Waals surface area contributed by atoms with Crippen LogP contribution in [-0.4, -0.2) is 198 Å². The summed E-state index contributed by atoms with van der Waals surface area (Å²) in [4.78, 5) is 90.4. The van der Waals surface area contributed by atoms with E-state index in [1.54, 1.807) is 6.08 Å².